The second-order valence-electron chi connectivity index (χ2n) is 7.25. The number of carbonyl (C=O) groups excluding carboxylic acids is 2. The summed E-state index contributed by atoms with van der Waals surface area (Å²) in [6.45, 7) is 0.0742. The molecule has 0 amide bonds. The van der Waals surface area contributed by atoms with Gasteiger partial charge < -0.3 is 19.1 Å². The highest BCUT2D eigenvalue weighted by Crippen LogP contribution is 2.44. The summed E-state index contributed by atoms with van der Waals surface area (Å²) in [6, 6.07) is 6.51. The molecule has 1 aliphatic rings. The van der Waals surface area contributed by atoms with E-state index in [0.29, 0.717) is 11.3 Å². The van der Waals surface area contributed by atoms with Crippen LogP contribution < -0.4 is 10.3 Å². The number of methoxy groups -OCH3 is 2. The van der Waals surface area contributed by atoms with Gasteiger partial charge >= 0.3 is 5.97 Å². The Balaban J connectivity index is 2.02. The van der Waals surface area contributed by atoms with Crippen molar-refractivity contribution in [1.29, 1.82) is 0 Å². The first kappa shape index (κ1) is 21.0. The van der Waals surface area contributed by atoms with E-state index in [4.69, 9.17) is 4.74 Å². The van der Waals surface area contributed by atoms with Gasteiger partial charge in [0.05, 0.1) is 35.8 Å². The summed E-state index contributed by atoms with van der Waals surface area (Å²) in [5, 5.41) is 21.7. The summed E-state index contributed by atoms with van der Waals surface area (Å²) in [7, 11) is 2.62. The van der Waals surface area contributed by atoms with Crippen LogP contribution in [-0.4, -0.2) is 40.6 Å². The molecule has 0 bridgehead atoms. The summed E-state index contributed by atoms with van der Waals surface area (Å²) in [5.41, 5.74) is 0.299. The van der Waals surface area contributed by atoms with Gasteiger partial charge in [-0.25, -0.2) is 0 Å². The Morgan fingerprint density at radius 3 is 2.53 bits per heavy atom. The number of nitro benzene ring substituents is 1. The third-order valence-corrected chi connectivity index (χ3v) is 5.50. The Bertz CT molecular complexity index is 1370. The number of nitrogens with zero attached hydrogens (tertiary/aromatic N) is 2. The fraction of sp³-hybridized carbons (Fsp3) is 0.227. The van der Waals surface area contributed by atoms with Gasteiger partial charge in [-0.3, -0.25) is 24.5 Å². The Hall–Kier alpha value is -4.21. The molecule has 0 spiro atoms. The topological polar surface area (TPSA) is 138 Å². The van der Waals surface area contributed by atoms with Crippen LogP contribution in [-0.2, 0) is 16.1 Å². The zero-order chi connectivity index (χ0) is 23.2. The summed E-state index contributed by atoms with van der Waals surface area (Å²) >= 11 is 0. The first-order valence-corrected chi connectivity index (χ1v) is 9.66. The van der Waals surface area contributed by atoms with Crippen LogP contribution in [0, 0.1) is 10.1 Å². The number of hydrogen-bond donors (Lipinski definition) is 1. The molecule has 0 fully saturated rings. The molecule has 32 heavy (non-hydrogen) atoms. The number of phenolic OH excluding ortho intramolecular Hbond substituents is 1. The Kier molecular flexibility index (Phi) is 5.13. The van der Waals surface area contributed by atoms with Gasteiger partial charge in [-0.05, 0) is 24.6 Å². The molecule has 2 aromatic carbocycles. The number of pyridine rings is 1. The van der Waals surface area contributed by atoms with E-state index in [-0.39, 0.29) is 58.5 Å². The van der Waals surface area contributed by atoms with Crippen LogP contribution in [0.25, 0.3) is 22.0 Å². The average molecular weight is 438 g/mol. The molecule has 3 aromatic rings. The van der Waals surface area contributed by atoms with Gasteiger partial charge in [0.25, 0.3) is 11.2 Å². The van der Waals surface area contributed by atoms with Crippen LogP contribution in [0.1, 0.15) is 28.8 Å². The standard InChI is InChI=1S/C22H18N2O8/c1-31-17-10-13-14(9-16(17)25)21(27)19-12-6-5-11(24(29)30)8-15(12)22(28)23(20(13)19)7-3-4-18(26)32-2/h5-6,8-10,25H,3-4,7H2,1-2H3. The number of esters is 1. The summed E-state index contributed by atoms with van der Waals surface area (Å²) < 4.78 is 11.1. The molecular formula is C22H18N2O8. The van der Waals surface area contributed by atoms with E-state index >= 15 is 0 Å². The number of ether oxygens (including phenoxy) is 2. The van der Waals surface area contributed by atoms with Crippen molar-refractivity contribution >= 4 is 28.2 Å². The fourth-order valence-electron chi connectivity index (χ4n) is 4.01. The lowest BCUT2D eigenvalue weighted by molar-refractivity contribution is -0.384. The van der Waals surface area contributed by atoms with E-state index in [2.05, 4.69) is 4.74 Å². The normalized spacial score (nSPS) is 11.9. The zero-order valence-electron chi connectivity index (χ0n) is 17.2. The van der Waals surface area contributed by atoms with Crippen molar-refractivity contribution in [1.82, 2.24) is 4.57 Å². The molecule has 10 nitrogen and oxygen atoms in total. The molecule has 0 radical (unpaired) electrons. The van der Waals surface area contributed by atoms with Gasteiger partial charge in [-0.15, -0.1) is 0 Å². The van der Waals surface area contributed by atoms with Crippen molar-refractivity contribution in [3.8, 4) is 22.8 Å². The number of benzene rings is 2. The fourth-order valence-corrected chi connectivity index (χ4v) is 4.01. The maximum atomic E-state index is 13.4. The van der Waals surface area contributed by atoms with Crippen molar-refractivity contribution in [3.63, 3.8) is 0 Å². The molecule has 0 saturated heterocycles. The summed E-state index contributed by atoms with van der Waals surface area (Å²) in [5.74, 6) is -0.976. The smallest absolute Gasteiger partial charge is 0.305 e. The van der Waals surface area contributed by atoms with E-state index in [1.54, 1.807) is 0 Å². The number of carbonyl (C=O) groups is 2. The Labute approximate surface area is 180 Å². The lowest BCUT2D eigenvalue weighted by Crippen LogP contribution is -2.24. The minimum Gasteiger partial charge on any atom is -0.504 e. The number of aromatic hydroxyl groups is 1. The highest BCUT2D eigenvalue weighted by Gasteiger charge is 2.34. The number of phenols is 1. The van der Waals surface area contributed by atoms with E-state index in [9.17, 15) is 29.6 Å². The molecule has 1 aromatic heterocycles. The molecule has 164 valence electrons. The predicted molar refractivity (Wildman–Crippen MR) is 113 cm³/mol. The number of hydrogen-bond acceptors (Lipinski definition) is 8. The summed E-state index contributed by atoms with van der Waals surface area (Å²) in [6.07, 6.45) is 0.294. The quantitative estimate of drug-likeness (QED) is 0.275. The molecule has 10 heteroatoms. The maximum absolute atomic E-state index is 13.4. The van der Waals surface area contributed by atoms with Gasteiger partial charge in [0, 0.05) is 41.6 Å². The number of aromatic nitrogens is 1. The molecule has 1 aliphatic carbocycles. The van der Waals surface area contributed by atoms with Gasteiger partial charge in [0.15, 0.2) is 17.3 Å². The predicted octanol–water partition coefficient (Wildman–Crippen LogP) is 2.79. The summed E-state index contributed by atoms with van der Waals surface area (Å²) in [4.78, 5) is 48.8. The third-order valence-electron chi connectivity index (χ3n) is 5.50. The number of nitro groups is 1. The van der Waals surface area contributed by atoms with Crippen LogP contribution in [0.3, 0.4) is 0 Å². The highest BCUT2D eigenvalue weighted by atomic mass is 16.6. The zero-order valence-corrected chi connectivity index (χ0v) is 17.2. The minimum atomic E-state index is -0.618. The van der Waals surface area contributed by atoms with E-state index < -0.39 is 22.2 Å². The lowest BCUT2D eigenvalue weighted by atomic mass is 10.0. The molecule has 4 rings (SSSR count). The van der Waals surface area contributed by atoms with Crippen LogP contribution in [0.5, 0.6) is 11.5 Å². The Morgan fingerprint density at radius 2 is 1.88 bits per heavy atom. The SMILES string of the molecule is COC(=O)CCCn1c2c(c3ccc([N+](=O)[O-])cc3c1=O)C(=O)c1cc(O)c(OC)cc1-2. The maximum Gasteiger partial charge on any atom is 0.305 e. The van der Waals surface area contributed by atoms with Crippen LogP contribution in [0.4, 0.5) is 5.69 Å². The van der Waals surface area contributed by atoms with E-state index in [1.165, 1.54) is 43.1 Å². The Morgan fingerprint density at radius 1 is 1.12 bits per heavy atom. The van der Waals surface area contributed by atoms with E-state index in [1.807, 2.05) is 0 Å². The van der Waals surface area contributed by atoms with Crippen molar-refractivity contribution in [2.75, 3.05) is 14.2 Å². The lowest BCUT2D eigenvalue weighted by Gasteiger charge is -2.15. The first-order chi connectivity index (χ1) is 15.3. The highest BCUT2D eigenvalue weighted by molar-refractivity contribution is 6.27. The second-order valence-corrected chi connectivity index (χ2v) is 7.25. The van der Waals surface area contributed by atoms with Crippen molar-refractivity contribution < 1.29 is 29.1 Å². The largest absolute Gasteiger partial charge is 0.504 e. The minimum absolute atomic E-state index is 0.0216. The first-order valence-electron chi connectivity index (χ1n) is 9.66. The molecule has 0 saturated carbocycles. The molecule has 0 unspecified atom stereocenters. The number of rotatable bonds is 6. The van der Waals surface area contributed by atoms with Crippen molar-refractivity contribution in [3.05, 3.63) is 61.9 Å². The van der Waals surface area contributed by atoms with Crippen molar-refractivity contribution in [2.45, 2.75) is 19.4 Å². The third kappa shape index (κ3) is 3.16. The second kappa shape index (κ2) is 7.80. The molecule has 0 atom stereocenters. The van der Waals surface area contributed by atoms with Crippen LogP contribution in [0.2, 0.25) is 0 Å². The monoisotopic (exact) mass is 438 g/mol. The van der Waals surface area contributed by atoms with Crippen molar-refractivity contribution in [2.24, 2.45) is 0 Å². The number of fused-ring (bicyclic) bond motifs is 5. The van der Waals surface area contributed by atoms with E-state index in [0.717, 1.165) is 6.07 Å². The molecule has 1 N–H and O–H groups in total. The van der Waals surface area contributed by atoms with Gasteiger partial charge in [0.2, 0.25) is 0 Å². The molecular weight excluding hydrogens is 420 g/mol. The molecule has 0 aliphatic heterocycles. The van der Waals surface area contributed by atoms with Crippen LogP contribution in [0.15, 0.2) is 35.1 Å². The van der Waals surface area contributed by atoms with Gasteiger partial charge in [-0.2, -0.15) is 0 Å². The average Bonchev–Trinajstić information content (AvgIpc) is 3.06. The van der Waals surface area contributed by atoms with Crippen LogP contribution >= 0.6 is 0 Å². The van der Waals surface area contributed by atoms with Gasteiger partial charge in [-0.1, -0.05) is 0 Å². The molecule has 1 heterocycles. The van der Waals surface area contributed by atoms with Gasteiger partial charge in [0.1, 0.15) is 0 Å². The number of ketones is 1. The number of non-ortho nitro benzene ring substituents is 1.